The van der Waals surface area contributed by atoms with Crippen LogP contribution in [0.1, 0.15) is 32.4 Å². The average molecular weight is 643 g/mol. The lowest BCUT2D eigenvalue weighted by molar-refractivity contribution is -0.126. The Bertz CT molecular complexity index is 1980. The van der Waals surface area contributed by atoms with Crippen molar-refractivity contribution in [2.45, 2.75) is 37.6 Å². The fraction of sp³-hybridized carbons (Fsp3) is 0.300. The maximum Gasteiger partial charge on any atom is 0.355 e. The standard InChI is InChI=1S/C30H29ClF2N6O4S/c1-6-23(40)37-12-13-38(17(4)15-37)28-18-14-19(31)26(24-20(32)8-7-9-21(24)33)35-29(18)39(30(41)36-28)27-22(44(5,42)43)10-11-34-25(27)16(2)3/h6-11,14,16-17H,1,12-13,15H2,2-5H3/t17-/m0/s1. The second-order valence-corrected chi connectivity index (χ2v) is 13.2. The number of aromatic nitrogens is 4. The van der Waals surface area contributed by atoms with Crippen molar-refractivity contribution in [3.63, 3.8) is 0 Å². The number of hydrogen-bond donors (Lipinski definition) is 0. The number of rotatable bonds is 6. The Kier molecular flexibility index (Phi) is 8.29. The van der Waals surface area contributed by atoms with E-state index in [4.69, 9.17) is 11.6 Å². The van der Waals surface area contributed by atoms with E-state index in [-0.39, 0.29) is 68.3 Å². The third kappa shape index (κ3) is 5.45. The van der Waals surface area contributed by atoms with Crippen LogP contribution < -0.4 is 10.6 Å². The van der Waals surface area contributed by atoms with E-state index in [0.717, 1.165) is 23.0 Å². The van der Waals surface area contributed by atoms with Crippen molar-refractivity contribution in [3.05, 3.63) is 82.0 Å². The normalized spacial score (nSPS) is 15.7. The fourth-order valence-corrected chi connectivity index (χ4v) is 6.53. The van der Waals surface area contributed by atoms with Crippen molar-refractivity contribution in [1.29, 1.82) is 0 Å². The molecule has 0 aliphatic carbocycles. The summed E-state index contributed by atoms with van der Waals surface area (Å²) >= 11 is 6.63. The van der Waals surface area contributed by atoms with Gasteiger partial charge >= 0.3 is 5.69 Å². The lowest BCUT2D eigenvalue weighted by Crippen LogP contribution is -2.54. The van der Waals surface area contributed by atoms with Gasteiger partial charge in [0.05, 0.1) is 37.9 Å². The van der Waals surface area contributed by atoms with Crippen molar-refractivity contribution < 1.29 is 22.0 Å². The number of fused-ring (bicyclic) bond motifs is 1. The lowest BCUT2D eigenvalue weighted by Gasteiger charge is -2.40. The molecule has 1 aromatic carbocycles. The van der Waals surface area contributed by atoms with E-state index in [2.05, 4.69) is 21.5 Å². The number of piperazine rings is 1. The molecule has 44 heavy (non-hydrogen) atoms. The minimum atomic E-state index is -3.92. The van der Waals surface area contributed by atoms with Crippen LogP contribution in [0.3, 0.4) is 0 Å². The first-order valence-electron chi connectivity index (χ1n) is 13.7. The smallest absolute Gasteiger partial charge is 0.350 e. The van der Waals surface area contributed by atoms with Crippen LogP contribution in [0, 0.1) is 11.6 Å². The molecule has 1 atom stereocenters. The molecule has 0 N–H and O–H groups in total. The molecule has 4 aromatic rings. The summed E-state index contributed by atoms with van der Waals surface area (Å²) in [6.07, 6.45) is 3.56. The number of amides is 1. The first kappa shape index (κ1) is 31.2. The highest BCUT2D eigenvalue weighted by molar-refractivity contribution is 7.90. The fourth-order valence-electron chi connectivity index (χ4n) is 5.42. The SMILES string of the molecule is C=CC(=O)N1CCN(c2nc(=O)n(-c3c(S(C)(=O)=O)ccnc3C(C)C)c3nc(-c4c(F)cccc4F)c(Cl)cc23)[C@@H](C)C1. The zero-order chi connectivity index (χ0) is 32.1. The molecule has 0 bridgehead atoms. The molecule has 230 valence electrons. The molecule has 4 heterocycles. The number of nitrogens with zero attached hydrogens (tertiary/aromatic N) is 6. The van der Waals surface area contributed by atoms with E-state index in [0.29, 0.717) is 13.1 Å². The van der Waals surface area contributed by atoms with Crippen LogP contribution in [0.2, 0.25) is 5.02 Å². The van der Waals surface area contributed by atoms with Gasteiger partial charge in [0.2, 0.25) is 5.91 Å². The van der Waals surface area contributed by atoms with Gasteiger partial charge in [0, 0.05) is 38.1 Å². The lowest BCUT2D eigenvalue weighted by atomic mass is 10.1. The Morgan fingerprint density at radius 2 is 1.84 bits per heavy atom. The largest absolute Gasteiger partial charge is 0.355 e. The molecular weight excluding hydrogens is 614 g/mol. The van der Waals surface area contributed by atoms with Gasteiger partial charge in [-0.3, -0.25) is 9.78 Å². The third-order valence-corrected chi connectivity index (χ3v) is 8.89. The van der Waals surface area contributed by atoms with Crippen molar-refractivity contribution >= 4 is 44.2 Å². The number of pyridine rings is 2. The highest BCUT2D eigenvalue weighted by atomic mass is 35.5. The molecule has 1 aliphatic heterocycles. The van der Waals surface area contributed by atoms with Crippen LogP contribution in [0.5, 0.6) is 0 Å². The number of sulfone groups is 1. The maximum atomic E-state index is 15.0. The number of benzene rings is 1. The third-order valence-electron chi connectivity index (χ3n) is 7.47. The summed E-state index contributed by atoms with van der Waals surface area (Å²) in [6.45, 7) is 9.84. The topological polar surface area (TPSA) is 118 Å². The van der Waals surface area contributed by atoms with Crippen molar-refractivity contribution in [2.75, 3.05) is 30.8 Å². The molecule has 10 nitrogen and oxygen atoms in total. The van der Waals surface area contributed by atoms with Crippen LogP contribution in [0.15, 0.2) is 58.9 Å². The van der Waals surface area contributed by atoms with Crippen molar-refractivity contribution in [2.24, 2.45) is 0 Å². The summed E-state index contributed by atoms with van der Waals surface area (Å²) < 4.78 is 57.0. The number of carbonyl (C=O) groups is 1. The van der Waals surface area contributed by atoms with Gasteiger partial charge in [-0.1, -0.05) is 38.1 Å². The summed E-state index contributed by atoms with van der Waals surface area (Å²) in [6, 6.07) is 5.66. The highest BCUT2D eigenvalue weighted by Crippen LogP contribution is 2.37. The van der Waals surface area contributed by atoms with Crippen molar-refractivity contribution in [3.8, 4) is 16.9 Å². The Balaban J connectivity index is 1.90. The van der Waals surface area contributed by atoms with Crippen LogP contribution in [0.25, 0.3) is 28.0 Å². The molecule has 0 unspecified atom stereocenters. The molecule has 0 saturated carbocycles. The second kappa shape index (κ2) is 11.7. The first-order chi connectivity index (χ1) is 20.7. The van der Waals surface area contributed by atoms with E-state index in [9.17, 15) is 18.0 Å². The molecule has 14 heteroatoms. The van der Waals surface area contributed by atoms with Gasteiger partial charge < -0.3 is 9.80 Å². The molecule has 0 radical (unpaired) electrons. The Morgan fingerprint density at radius 1 is 1.16 bits per heavy atom. The number of carbonyl (C=O) groups excluding carboxylic acids is 1. The van der Waals surface area contributed by atoms with Gasteiger partial charge in [-0.05, 0) is 43.2 Å². The molecule has 1 saturated heterocycles. The number of anilines is 1. The summed E-state index contributed by atoms with van der Waals surface area (Å²) in [5, 5.41) is 0.102. The van der Waals surface area contributed by atoms with Crippen LogP contribution in [0.4, 0.5) is 14.6 Å². The molecule has 1 fully saturated rings. The Hall–Kier alpha value is -4.23. The monoisotopic (exact) mass is 642 g/mol. The van der Waals surface area contributed by atoms with E-state index in [1.54, 1.807) is 18.7 Å². The van der Waals surface area contributed by atoms with Gasteiger partial charge in [0.15, 0.2) is 15.5 Å². The van der Waals surface area contributed by atoms with Crippen LogP contribution in [-0.4, -0.2) is 70.7 Å². The van der Waals surface area contributed by atoms with E-state index in [1.165, 1.54) is 30.5 Å². The van der Waals surface area contributed by atoms with Gasteiger partial charge in [0.1, 0.15) is 17.5 Å². The Morgan fingerprint density at radius 3 is 2.43 bits per heavy atom. The van der Waals surface area contributed by atoms with E-state index in [1.807, 2.05) is 11.8 Å². The van der Waals surface area contributed by atoms with E-state index >= 15 is 8.78 Å². The highest BCUT2D eigenvalue weighted by Gasteiger charge is 2.32. The summed E-state index contributed by atoms with van der Waals surface area (Å²) in [4.78, 5) is 42.9. The van der Waals surface area contributed by atoms with Gasteiger partial charge in [-0.2, -0.15) is 4.98 Å². The molecular formula is C30H29ClF2N6O4S. The average Bonchev–Trinajstić information content (AvgIpc) is 2.96. The molecule has 3 aromatic heterocycles. The van der Waals surface area contributed by atoms with Crippen molar-refractivity contribution in [1.82, 2.24) is 24.4 Å². The minimum Gasteiger partial charge on any atom is -0.350 e. The Labute approximate surface area is 257 Å². The summed E-state index contributed by atoms with van der Waals surface area (Å²) in [5.74, 6) is -2.28. The molecule has 5 rings (SSSR count). The number of hydrogen-bond acceptors (Lipinski definition) is 8. The van der Waals surface area contributed by atoms with E-state index < -0.39 is 32.7 Å². The maximum absolute atomic E-state index is 15.0. The zero-order valence-electron chi connectivity index (χ0n) is 24.4. The molecule has 1 amide bonds. The van der Waals surface area contributed by atoms with Crippen LogP contribution in [-0.2, 0) is 14.6 Å². The molecule has 0 spiro atoms. The minimum absolute atomic E-state index is 0.0664. The summed E-state index contributed by atoms with van der Waals surface area (Å²) in [7, 11) is -3.92. The predicted octanol–water partition coefficient (Wildman–Crippen LogP) is 4.52. The quantitative estimate of drug-likeness (QED) is 0.282. The molecule has 1 aliphatic rings. The van der Waals surface area contributed by atoms with Crippen LogP contribution >= 0.6 is 11.6 Å². The predicted molar refractivity (Wildman–Crippen MR) is 164 cm³/mol. The van der Waals surface area contributed by atoms with Gasteiger partial charge in [-0.25, -0.2) is 31.5 Å². The van der Waals surface area contributed by atoms with Gasteiger partial charge in [-0.15, -0.1) is 0 Å². The zero-order valence-corrected chi connectivity index (χ0v) is 26.0. The second-order valence-electron chi connectivity index (χ2n) is 10.8. The first-order valence-corrected chi connectivity index (χ1v) is 16.0. The number of halogens is 3. The van der Waals surface area contributed by atoms with Gasteiger partial charge in [0.25, 0.3) is 0 Å². The summed E-state index contributed by atoms with van der Waals surface area (Å²) in [5.41, 5.74) is -1.61.